The van der Waals surface area contributed by atoms with Crippen LogP contribution in [0.25, 0.3) is 0 Å². The van der Waals surface area contributed by atoms with Gasteiger partial charge in [0.1, 0.15) is 0 Å². The van der Waals surface area contributed by atoms with E-state index in [1.54, 1.807) is 0 Å². The highest BCUT2D eigenvalue weighted by atomic mass is 14.8. The molecule has 0 aliphatic carbocycles. The Labute approximate surface area is 109 Å². The smallest absolute Gasteiger partial charge is 0.0493 e. The van der Waals surface area contributed by atoms with Crippen LogP contribution < -0.4 is 11.5 Å². The van der Waals surface area contributed by atoms with E-state index in [0.29, 0.717) is 0 Å². The van der Waals surface area contributed by atoms with Crippen LogP contribution in [-0.2, 0) is 0 Å². The van der Waals surface area contributed by atoms with E-state index in [4.69, 9.17) is 11.5 Å². The molecule has 2 aromatic rings. The van der Waals surface area contributed by atoms with Gasteiger partial charge in [-0.25, -0.2) is 0 Å². The van der Waals surface area contributed by atoms with Gasteiger partial charge in [-0.05, 0) is 30.5 Å². The maximum atomic E-state index is 6.28. The summed E-state index contributed by atoms with van der Waals surface area (Å²) in [5.41, 5.74) is 17.2. The lowest BCUT2D eigenvalue weighted by molar-refractivity contribution is 0.572. The molecule has 0 saturated carbocycles. The highest BCUT2D eigenvalue weighted by Crippen LogP contribution is 2.26. The Hall–Kier alpha value is -1.64. The lowest BCUT2D eigenvalue weighted by atomic mass is 9.92. The van der Waals surface area contributed by atoms with Gasteiger partial charge >= 0.3 is 0 Å². The van der Waals surface area contributed by atoms with Crippen LogP contribution in [-0.4, -0.2) is 0 Å². The summed E-state index contributed by atoms with van der Waals surface area (Å²) in [5, 5.41) is 0. The van der Waals surface area contributed by atoms with Crippen LogP contribution in [0.15, 0.2) is 48.5 Å². The summed E-state index contributed by atoms with van der Waals surface area (Å²) in [5.74, 6) is 0. The third-order valence-corrected chi connectivity index (χ3v) is 3.40. The molecule has 94 valence electrons. The van der Waals surface area contributed by atoms with Crippen LogP contribution in [0.4, 0.5) is 0 Å². The predicted octanol–water partition coefficient (Wildman–Crippen LogP) is 3.00. The quantitative estimate of drug-likeness (QED) is 0.866. The number of nitrogens with two attached hydrogens (primary N) is 2. The number of hydrogen-bond acceptors (Lipinski definition) is 2. The van der Waals surface area contributed by atoms with Crippen molar-refractivity contribution in [1.82, 2.24) is 0 Å². The number of hydrogen-bond donors (Lipinski definition) is 2. The predicted molar refractivity (Wildman–Crippen MR) is 76.2 cm³/mol. The molecule has 0 spiro atoms. The average Bonchev–Trinajstić information content (AvgIpc) is 2.38. The Bertz CT molecular complexity index is 517. The molecule has 0 amide bonds. The van der Waals surface area contributed by atoms with Crippen molar-refractivity contribution in [1.29, 1.82) is 0 Å². The van der Waals surface area contributed by atoms with Crippen LogP contribution in [0.3, 0.4) is 0 Å². The van der Waals surface area contributed by atoms with Gasteiger partial charge in [0.05, 0.1) is 0 Å². The van der Waals surface area contributed by atoms with Gasteiger partial charge in [-0.1, -0.05) is 54.1 Å². The first-order valence-electron chi connectivity index (χ1n) is 6.23. The largest absolute Gasteiger partial charge is 0.322 e. The van der Waals surface area contributed by atoms with Gasteiger partial charge in [-0.15, -0.1) is 0 Å². The van der Waals surface area contributed by atoms with E-state index in [9.17, 15) is 0 Å². The molecule has 0 aliphatic rings. The number of aryl methyl sites for hydroxylation is 2. The Morgan fingerprint density at radius 3 is 2.00 bits per heavy atom. The molecule has 2 atom stereocenters. The molecule has 18 heavy (non-hydrogen) atoms. The van der Waals surface area contributed by atoms with Gasteiger partial charge in [-0.3, -0.25) is 0 Å². The summed E-state index contributed by atoms with van der Waals surface area (Å²) >= 11 is 0. The van der Waals surface area contributed by atoms with E-state index in [2.05, 4.69) is 44.2 Å². The molecule has 0 aliphatic heterocycles. The first-order chi connectivity index (χ1) is 8.59. The van der Waals surface area contributed by atoms with E-state index in [1.807, 2.05) is 18.2 Å². The molecule has 2 nitrogen and oxygen atoms in total. The SMILES string of the molecule is Cc1ccc(C(N)C(N)c2ccccc2C)cc1. The van der Waals surface area contributed by atoms with Crippen molar-refractivity contribution in [2.24, 2.45) is 11.5 Å². The van der Waals surface area contributed by atoms with Crippen molar-refractivity contribution in [3.63, 3.8) is 0 Å². The Morgan fingerprint density at radius 1 is 0.778 bits per heavy atom. The van der Waals surface area contributed by atoms with E-state index < -0.39 is 0 Å². The lowest BCUT2D eigenvalue weighted by Gasteiger charge is -2.22. The van der Waals surface area contributed by atoms with Gasteiger partial charge in [-0.2, -0.15) is 0 Å². The van der Waals surface area contributed by atoms with Gasteiger partial charge < -0.3 is 11.5 Å². The minimum Gasteiger partial charge on any atom is -0.322 e. The second kappa shape index (κ2) is 5.34. The van der Waals surface area contributed by atoms with Gasteiger partial charge in [0.2, 0.25) is 0 Å². The Kier molecular flexibility index (Phi) is 3.80. The monoisotopic (exact) mass is 240 g/mol. The van der Waals surface area contributed by atoms with E-state index in [0.717, 1.165) is 11.1 Å². The molecule has 0 fully saturated rings. The summed E-state index contributed by atoms with van der Waals surface area (Å²) in [6, 6.07) is 16.0. The summed E-state index contributed by atoms with van der Waals surface area (Å²) in [7, 11) is 0. The molecule has 0 saturated heterocycles. The van der Waals surface area contributed by atoms with Crippen LogP contribution >= 0.6 is 0 Å². The summed E-state index contributed by atoms with van der Waals surface area (Å²) in [4.78, 5) is 0. The highest BCUT2D eigenvalue weighted by Gasteiger charge is 2.18. The maximum absolute atomic E-state index is 6.28. The molecule has 2 aromatic carbocycles. The second-order valence-electron chi connectivity index (χ2n) is 4.82. The van der Waals surface area contributed by atoms with Gasteiger partial charge in [0.15, 0.2) is 0 Å². The molecule has 0 heterocycles. The Morgan fingerprint density at radius 2 is 1.39 bits per heavy atom. The first-order valence-corrected chi connectivity index (χ1v) is 6.23. The molecule has 0 aromatic heterocycles. The van der Waals surface area contributed by atoms with Crippen LogP contribution in [0.2, 0.25) is 0 Å². The second-order valence-corrected chi connectivity index (χ2v) is 4.82. The molecular formula is C16H20N2. The van der Waals surface area contributed by atoms with E-state index in [-0.39, 0.29) is 12.1 Å². The fourth-order valence-corrected chi connectivity index (χ4v) is 2.15. The van der Waals surface area contributed by atoms with Crippen LogP contribution in [0, 0.1) is 13.8 Å². The standard InChI is InChI=1S/C16H20N2/c1-11-7-9-13(10-8-11)15(17)16(18)14-6-4-3-5-12(14)2/h3-10,15-16H,17-18H2,1-2H3. The van der Waals surface area contributed by atoms with Crippen LogP contribution in [0.5, 0.6) is 0 Å². The summed E-state index contributed by atoms with van der Waals surface area (Å²) in [6.45, 7) is 4.13. The average molecular weight is 240 g/mol. The van der Waals surface area contributed by atoms with Crippen molar-refractivity contribution >= 4 is 0 Å². The highest BCUT2D eigenvalue weighted by molar-refractivity contribution is 5.33. The fraction of sp³-hybridized carbons (Fsp3) is 0.250. The molecular weight excluding hydrogens is 220 g/mol. The van der Waals surface area contributed by atoms with Crippen molar-refractivity contribution in [3.05, 3.63) is 70.8 Å². The fourth-order valence-electron chi connectivity index (χ4n) is 2.15. The first kappa shape index (κ1) is 12.8. The molecule has 2 heteroatoms. The summed E-state index contributed by atoms with van der Waals surface area (Å²) in [6.07, 6.45) is 0. The van der Waals surface area contributed by atoms with Crippen molar-refractivity contribution in [3.8, 4) is 0 Å². The van der Waals surface area contributed by atoms with Crippen molar-refractivity contribution in [2.75, 3.05) is 0 Å². The van der Waals surface area contributed by atoms with Gasteiger partial charge in [0, 0.05) is 12.1 Å². The third kappa shape index (κ3) is 2.61. The zero-order chi connectivity index (χ0) is 13.1. The molecule has 2 rings (SSSR count). The summed E-state index contributed by atoms with van der Waals surface area (Å²) < 4.78 is 0. The molecule has 0 radical (unpaired) electrons. The van der Waals surface area contributed by atoms with Crippen LogP contribution in [0.1, 0.15) is 34.3 Å². The zero-order valence-electron chi connectivity index (χ0n) is 10.9. The van der Waals surface area contributed by atoms with E-state index >= 15 is 0 Å². The number of rotatable bonds is 3. The Balaban J connectivity index is 2.26. The van der Waals surface area contributed by atoms with E-state index in [1.165, 1.54) is 11.1 Å². The number of benzene rings is 2. The van der Waals surface area contributed by atoms with Gasteiger partial charge in [0.25, 0.3) is 0 Å². The minimum atomic E-state index is -0.174. The minimum absolute atomic E-state index is 0.172. The maximum Gasteiger partial charge on any atom is 0.0493 e. The lowest BCUT2D eigenvalue weighted by Crippen LogP contribution is -2.27. The van der Waals surface area contributed by atoms with Crippen molar-refractivity contribution < 1.29 is 0 Å². The molecule has 0 bridgehead atoms. The van der Waals surface area contributed by atoms with Crippen molar-refractivity contribution in [2.45, 2.75) is 25.9 Å². The third-order valence-electron chi connectivity index (χ3n) is 3.40. The molecule has 4 N–H and O–H groups in total. The molecule has 2 unspecified atom stereocenters. The zero-order valence-corrected chi connectivity index (χ0v) is 10.9. The normalized spacial score (nSPS) is 14.2. The topological polar surface area (TPSA) is 52.0 Å².